The Kier molecular flexibility index (Phi) is 6.20. The number of carbonyl (C=O) groups excluding carboxylic acids is 2. The standard InChI is InChI=1S/C20H17N3O5S/c21-15-9-8-14(11-16(15)23(26)27)20(25)28-12-18(24)22-19(17-7-4-10-29-17)13-5-2-1-3-6-13/h1-11,19H,12,21H2,(H,22,24)/t19-/m0/s1. The molecule has 1 heterocycles. The number of benzene rings is 2. The fraction of sp³-hybridized carbons (Fsp3) is 0.100. The van der Waals surface area contributed by atoms with E-state index in [-0.39, 0.29) is 17.3 Å². The van der Waals surface area contributed by atoms with Gasteiger partial charge in [-0.15, -0.1) is 11.3 Å². The Balaban J connectivity index is 1.66. The van der Waals surface area contributed by atoms with Crippen LogP contribution in [0.3, 0.4) is 0 Å². The van der Waals surface area contributed by atoms with E-state index < -0.39 is 29.1 Å². The molecule has 0 bridgehead atoms. The molecule has 0 aliphatic heterocycles. The number of anilines is 1. The van der Waals surface area contributed by atoms with Crippen LogP contribution in [0.15, 0.2) is 66.0 Å². The lowest BCUT2D eigenvalue weighted by molar-refractivity contribution is -0.383. The second kappa shape index (κ2) is 8.98. The van der Waals surface area contributed by atoms with Crippen LogP contribution in [-0.2, 0) is 9.53 Å². The third kappa shape index (κ3) is 4.96. The van der Waals surface area contributed by atoms with Crippen molar-refractivity contribution in [1.29, 1.82) is 0 Å². The molecular weight excluding hydrogens is 394 g/mol. The molecule has 0 saturated heterocycles. The van der Waals surface area contributed by atoms with Crippen LogP contribution in [0.5, 0.6) is 0 Å². The van der Waals surface area contributed by atoms with Gasteiger partial charge in [0.05, 0.1) is 16.5 Å². The van der Waals surface area contributed by atoms with Crippen molar-refractivity contribution in [2.24, 2.45) is 0 Å². The van der Waals surface area contributed by atoms with Gasteiger partial charge in [-0.25, -0.2) is 4.79 Å². The second-order valence-corrected chi connectivity index (χ2v) is 7.01. The first-order valence-electron chi connectivity index (χ1n) is 8.54. The SMILES string of the molecule is Nc1ccc(C(=O)OCC(=O)N[C@@H](c2ccccc2)c2cccs2)cc1[N+](=O)[O-]. The minimum atomic E-state index is -0.851. The fourth-order valence-electron chi connectivity index (χ4n) is 2.67. The number of ether oxygens (including phenoxy) is 1. The number of esters is 1. The molecule has 29 heavy (non-hydrogen) atoms. The summed E-state index contributed by atoms with van der Waals surface area (Å²) < 4.78 is 5.01. The number of nitrogens with one attached hydrogen (secondary N) is 1. The molecule has 8 nitrogen and oxygen atoms in total. The third-order valence-corrected chi connectivity index (χ3v) is 5.00. The molecule has 3 rings (SSSR count). The van der Waals surface area contributed by atoms with Gasteiger partial charge in [0.2, 0.25) is 0 Å². The molecule has 1 amide bonds. The first kappa shape index (κ1) is 20.0. The average molecular weight is 411 g/mol. The van der Waals surface area contributed by atoms with Crippen LogP contribution in [0.25, 0.3) is 0 Å². The van der Waals surface area contributed by atoms with Crippen LogP contribution in [0.2, 0.25) is 0 Å². The van der Waals surface area contributed by atoms with E-state index in [1.54, 1.807) is 0 Å². The molecule has 0 spiro atoms. The summed E-state index contributed by atoms with van der Waals surface area (Å²) in [6.45, 7) is -0.522. The highest BCUT2D eigenvalue weighted by molar-refractivity contribution is 7.10. The molecule has 0 saturated carbocycles. The third-order valence-electron chi connectivity index (χ3n) is 4.06. The molecule has 0 aliphatic carbocycles. The van der Waals surface area contributed by atoms with E-state index in [4.69, 9.17) is 10.5 Å². The van der Waals surface area contributed by atoms with Crippen molar-refractivity contribution < 1.29 is 19.2 Å². The molecule has 3 N–H and O–H groups in total. The van der Waals surface area contributed by atoms with Crippen molar-refractivity contribution in [2.45, 2.75) is 6.04 Å². The minimum Gasteiger partial charge on any atom is -0.452 e. The normalized spacial score (nSPS) is 11.4. The molecule has 0 unspecified atom stereocenters. The maximum Gasteiger partial charge on any atom is 0.338 e. The van der Waals surface area contributed by atoms with E-state index in [2.05, 4.69) is 5.32 Å². The van der Waals surface area contributed by atoms with Gasteiger partial charge in [0.15, 0.2) is 6.61 Å². The zero-order valence-corrected chi connectivity index (χ0v) is 15.9. The van der Waals surface area contributed by atoms with Gasteiger partial charge in [-0.2, -0.15) is 0 Å². The number of rotatable bonds is 7. The predicted molar refractivity (Wildman–Crippen MR) is 109 cm³/mol. The van der Waals surface area contributed by atoms with Crippen LogP contribution in [0, 0.1) is 10.1 Å². The highest BCUT2D eigenvalue weighted by Gasteiger charge is 2.20. The summed E-state index contributed by atoms with van der Waals surface area (Å²) in [5.41, 5.74) is 5.88. The lowest BCUT2D eigenvalue weighted by Crippen LogP contribution is -2.32. The van der Waals surface area contributed by atoms with E-state index in [1.807, 2.05) is 47.8 Å². The number of thiophene rings is 1. The van der Waals surface area contributed by atoms with Crippen molar-refractivity contribution in [2.75, 3.05) is 12.3 Å². The van der Waals surface area contributed by atoms with Crippen LogP contribution in [-0.4, -0.2) is 23.4 Å². The molecule has 0 aliphatic rings. The Bertz CT molecular complexity index is 1020. The summed E-state index contributed by atoms with van der Waals surface area (Å²) in [6.07, 6.45) is 0. The highest BCUT2D eigenvalue weighted by atomic mass is 32.1. The van der Waals surface area contributed by atoms with Gasteiger partial charge in [0.1, 0.15) is 5.69 Å². The lowest BCUT2D eigenvalue weighted by atomic mass is 10.1. The summed E-state index contributed by atoms with van der Waals surface area (Å²) in [5.74, 6) is -1.35. The number of nitrogens with zero attached hydrogens (tertiary/aromatic N) is 1. The first-order valence-corrected chi connectivity index (χ1v) is 9.42. The Morgan fingerprint density at radius 2 is 1.90 bits per heavy atom. The Morgan fingerprint density at radius 3 is 2.55 bits per heavy atom. The second-order valence-electron chi connectivity index (χ2n) is 6.03. The van der Waals surface area contributed by atoms with E-state index in [0.29, 0.717) is 0 Å². The zero-order valence-electron chi connectivity index (χ0n) is 15.1. The monoisotopic (exact) mass is 411 g/mol. The number of nitrogen functional groups attached to an aromatic ring is 1. The van der Waals surface area contributed by atoms with Gasteiger partial charge >= 0.3 is 5.97 Å². The first-order chi connectivity index (χ1) is 14.0. The van der Waals surface area contributed by atoms with Crippen molar-refractivity contribution in [1.82, 2.24) is 5.32 Å². The average Bonchev–Trinajstić information content (AvgIpc) is 3.25. The zero-order chi connectivity index (χ0) is 20.8. The van der Waals surface area contributed by atoms with Crippen LogP contribution >= 0.6 is 11.3 Å². The van der Waals surface area contributed by atoms with Crippen molar-refractivity contribution in [3.8, 4) is 0 Å². The van der Waals surface area contributed by atoms with Crippen molar-refractivity contribution in [3.05, 3.63) is 92.2 Å². The van der Waals surface area contributed by atoms with Crippen LogP contribution < -0.4 is 11.1 Å². The lowest BCUT2D eigenvalue weighted by Gasteiger charge is -2.18. The molecule has 1 aromatic heterocycles. The van der Waals surface area contributed by atoms with Crippen LogP contribution in [0.1, 0.15) is 26.8 Å². The maximum atomic E-state index is 12.4. The predicted octanol–water partition coefficient (Wildman–Crippen LogP) is 3.30. The van der Waals surface area contributed by atoms with E-state index in [0.717, 1.165) is 16.5 Å². The number of amides is 1. The van der Waals surface area contributed by atoms with E-state index >= 15 is 0 Å². The smallest absolute Gasteiger partial charge is 0.338 e. The summed E-state index contributed by atoms with van der Waals surface area (Å²) in [7, 11) is 0. The number of hydrogen-bond acceptors (Lipinski definition) is 7. The Hall–Kier alpha value is -3.72. The Labute approximate surface area is 170 Å². The fourth-order valence-corrected chi connectivity index (χ4v) is 3.47. The number of nitrogens with two attached hydrogens (primary N) is 1. The molecule has 0 fully saturated rings. The van der Waals surface area contributed by atoms with Crippen molar-refractivity contribution in [3.63, 3.8) is 0 Å². The summed E-state index contributed by atoms with van der Waals surface area (Å²) in [4.78, 5) is 35.7. The number of nitro benzene ring substituents is 1. The molecule has 3 aromatic rings. The van der Waals surface area contributed by atoms with Gasteiger partial charge in [-0.05, 0) is 29.1 Å². The van der Waals surface area contributed by atoms with Gasteiger partial charge in [-0.3, -0.25) is 14.9 Å². The molecule has 9 heteroatoms. The highest BCUT2D eigenvalue weighted by Crippen LogP contribution is 2.26. The summed E-state index contributed by atoms with van der Waals surface area (Å²) in [5, 5.41) is 15.7. The van der Waals surface area contributed by atoms with Crippen molar-refractivity contribution >= 4 is 34.6 Å². The maximum absolute atomic E-state index is 12.4. The quantitative estimate of drug-likeness (QED) is 0.266. The number of carbonyl (C=O) groups is 2. The summed E-state index contributed by atoms with van der Waals surface area (Å²) in [6, 6.07) is 16.4. The van der Waals surface area contributed by atoms with Gasteiger partial charge in [0.25, 0.3) is 11.6 Å². The molecule has 2 aromatic carbocycles. The number of nitro groups is 1. The minimum absolute atomic E-state index is 0.0587. The largest absolute Gasteiger partial charge is 0.452 e. The van der Waals surface area contributed by atoms with E-state index in [1.165, 1.54) is 23.5 Å². The molecule has 148 valence electrons. The van der Waals surface area contributed by atoms with Gasteiger partial charge < -0.3 is 15.8 Å². The molecule has 1 atom stereocenters. The van der Waals surface area contributed by atoms with Crippen LogP contribution in [0.4, 0.5) is 11.4 Å². The summed E-state index contributed by atoms with van der Waals surface area (Å²) >= 11 is 1.50. The Morgan fingerprint density at radius 1 is 1.14 bits per heavy atom. The topological polar surface area (TPSA) is 125 Å². The van der Waals surface area contributed by atoms with E-state index in [9.17, 15) is 19.7 Å². The van der Waals surface area contributed by atoms with Gasteiger partial charge in [-0.1, -0.05) is 36.4 Å². The molecular formula is C20H17N3O5S. The number of hydrogen-bond donors (Lipinski definition) is 2. The molecule has 0 radical (unpaired) electrons. The van der Waals surface area contributed by atoms with Gasteiger partial charge in [0, 0.05) is 10.9 Å².